The van der Waals surface area contributed by atoms with Gasteiger partial charge in [0.1, 0.15) is 6.10 Å². The van der Waals surface area contributed by atoms with Crippen LogP contribution in [0.2, 0.25) is 0 Å². The fourth-order valence-electron chi connectivity index (χ4n) is 1.18. The Morgan fingerprint density at radius 2 is 2.43 bits per heavy atom. The molecular weight excluding hydrogens is 188 g/mol. The number of carbonyl (C=O) groups excluding carboxylic acids is 1. The molecule has 5 heteroatoms. The van der Waals surface area contributed by atoms with Crippen molar-refractivity contribution in [2.75, 3.05) is 6.61 Å². The molecule has 78 valence electrons. The van der Waals surface area contributed by atoms with Gasteiger partial charge in [-0.3, -0.25) is 0 Å². The fraction of sp³-hybridized carbons (Fsp3) is 0.667. The van der Waals surface area contributed by atoms with Gasteiger partial charge in [-0.05, 0) is 6.92 Å². The minimum absolute atomic E-state index is 0.0500. The van der Waals surface area contributed by atoms with E-state index in [1.54, 1.807) is 6.92 Å². The zero-order chi connectivity index (χ0) is 10.1. The van der Waals surface area contributed by atoms with Crippen LogP contribution in [0, 0.1) is 0 Å². The van der Waals surface area contributed by atoms with Gasteiger partial charge in [0, 0.05) is 6.08 Å². The first kappa shape index (κ1) is 9.64. The highest BCUT2D eigenvalue weighted by atomic mass is 16.9. The van der Waals surface area contributed by atoms with Crippen LogP contribution >= 0.6 is 0 Å². The van der Waals surface area contributed by atoms with Crippen molar-refractivity contribution in [3.05, 3.63) is 12.7 Å². The van der Waals surface area contributed by atoms with Gasteiger partial charge in [0.2, 0.25) is 0 Å². The van der Waals surface area contributed by atoms with Gasteiger partial charge in [-0.25, -0.2) is 4.79 Å². The average molecular weight is 200 g/mol. The summed E-state index contributed by atoms with van der Waals surface area (Å²) in [6, 6.07) is 0. The molecule has 0 bridgehead atoms. The maximum absolute atomic E-state index is 10.8. The number of hydrogen-bond donors (Lipinski definition) is 0. The third-order valence-corrected chi connectivity index (χ3v) is 2.00. The van der Waals surface area contributed by atoms with Crippen molar-refractivity contribution < 1.29 is 23.7 Å². The van der Waals surface area contributed by atoms with E-state index in [9.17, 15) is 4.79 Å². The highest BCUT2D eigenvalue weighted by Crippen LogP contribution is 2.40. The van der Waals surface area contributed by atoms with Gasteiger partial charge in [-0.15, -0.1) is 0 Å². The maximum Gasteiger partial charge on any atom is 0.330 e. The van der Waals surface area contributed by atoms with Crippen LogP contribution < -0.4 is 0 Å². The van der Waals surface area contributed by atoms with E-state index in [1.807, 2.05) is 0 Å². The summed E-state index contributed by atoms with van der Waals surface area (Å²) in [5.74, 6) is -0.448. The SMILES string of the molecule is C=CC(=O)OC(C)COC1OC2OC12. The third-order valence-electron chi connectivity index (χ3n) is 2.00. The zero-order valence-electron chi connectivity index (χ0n) is 7.84. The Morgan fingerprint density at radius 3 is 2.93 bits per heavy atom. The van der Waals surface area contributed by atoms with Crippen molar-refractivity contribution in [1.82, 2.24) is 0 Å². The molecule has 2 rings (SSSR count). The van der Waals surface area contributed by atoms with Gasteiger partial charge < -0.3 is 18.9 Å². The quantitative estimate of drug-likeness (QED) is 0.360. The normalized spacial score (nSPS) is 35.1. The Bertz CT molecular complexity index is 252. The molecule has 0 aromatic heterocycles. The van der Waals surface area contributed by atoms with Crippen LogP contribution in [-0.4, -0.2) is 37.4 Å². The Morgan fingerprint density at radius 1 is 1.64 bits per heavy atom. The lowest BCUT2D eigenvalue weighted by molar-refractivity contribution is -0.213. The van der Waals surface area contributed by atoms with E-state index < -0.39 is 5.97 Å². The Labute approximate surface area is 81.6 Å². The first-order valence-electron chi connectivity index (χ1n) is 4.46. The molecule has 0 radical (unpaired) electrons. The van der Waals surface area contributed by atoms with E-state index in [2.05, 4.69) is 6.58 Å². The monoisotopic (exact) mass is 200 g/mol. The standard InChI is InChI=1S/C9H12O5/c1-3-6(10)12-5(2)4-11-8-7-9(13-7)14-8/h3,5,7-9H,1,4H2,2H3. The van der Waals surface area contributed by atoms with Crippen LogP contribution in [0.15, 0.2) is 12.7 Å². The lowest BCUT2D eigenvalue weighted by atomic mass is 10.3. The predicted octanol–water partition coefficient (Wildman–Crippen LogP) is 0.202. The van der Waals surface area contributed by atoms with Crippen LogP contribution in [-0.2, 0) is 23.7 Å². The Balaban J connectivity index is 1.59. The summed E-state index contributed by atoms with van der Waals surface area (Å²) in [4.78, 5) is 10.8. The number of hydrogen-bond acceptors (Lipinski definition) is 5. The molecule has 2 aliphatic rings. The zero-order valence-corrected chi connectivity index (χ0v) is 7.84. The highest BCUT2D eigenvalue weighted by molar-refractivity contribution is 5.81. The fourth-order valence-corrected chi connectivity index (χ4v) is 1.18. The minimum Gasteiger partial charge on any atom is -0.457 e. The van der Waals surface area contributed by atoms with E-state index in [-0.39, 0.29) is 24.8 Å². The molecular formula is C9H12O5. The molecule has 0 amide bonds. The Hall–Kier alpha value is -0.910. The summed E-state index contributed by atoms with van der Waals surface area (Å²) in [6.45, 7) is 5.34. The molecule has 4 atom stereocenters. The molecule has 4 unspecified atom stereocenters. The predicted molar refractivity (Wildman–Crippen MR) is 45.2 cm³/mol. The summed E-state index contributed by atoms with van der Waals surface area (Å²) in [7, 11) is 0. The molecule has 2 fully saturated rings. The van der Waals surface area contributed by atoms with Gasteiger partial charge in [0.25, 0.3) is 0 Å². The van der Waals surface area contributed by atoms with Gasteiger partial charge >= 0.3 is 5.97 Å². The number of rotatable bonds is 5. The van der Waals surface area contributed by atoms with Crippen molar-refractivity contribution >= 4 is 5.97 Å². The molecule has 0 N–H and O–H groups in total. The number of epoxide rings is 1. The lowest BCUT2D eigenvalue weighted by Crippen LogP contribution is -2.38. The summed E-state index contributed by atoms with van der Waals surface area (Å²) in [5, 5.41) is 0. The van der Waals surface area contributed by atoms with Crippen molar-refractivity contribution in [2.24, 2.45) is 0 Å². The van der Waals surface area contributed by atoms with Gasteiger partial charge in [0.15, 0.2) is 18.7 Å². The minimum atomic E-state index is -0.448. The molecule has 0 saturated carbocycles. The molecule has 2 saturated heterocycles. The summed E-state index contributed by atoms with van der Waals surface area (Å²) >= 11 is 0. The van der Waals surface area contributed by atoms with Crippen LogP contribution in [0.4, 0.5) is 0 Å². The van der Waals surface area contributed by atoms with E-state index >= 15 is 0 Å². The molecule has 2 aliphatic heterocycles. The maximum atomic E-state index is 10.8. The molecule has 5 nitrogen and oxygen atoms in total. The van der Waals surface area contributed by atoms with Crippen LogP contribution in [0.1, 0.15) is 6.92 Å². The molecule has 2 heterocycles. The average Bonchev–Trinajstić information content (AvgIpc) is 2.77. The smallest absolute Gasteiger partial charge is 0.330 e. The second-order valence-corrected chi connectivity index (χ2v) is 3.26. The van der Waals surface area contributed by atoms with Crippen LogP contribution in [0.5, 0.6) is 0 Å². The van der Waals surface area contributed by atoms with Crippen LogP contribution in [0.3, 0.4) is 0 Å². The number of esters is 1. The summed E-state index contributed by atoms with van der Waals surface area (Å²) in [6.07, 6.45) is 0.575. The van der Waals surface area contributed by atoms with Crippen molar-refractivity contribution in [3.63, 3.8) is 0 Å². The molecule has 0 aromatic carbocycles. The lowest BCUT2D eigenvalue weighted by Gasteiger charge is -2.22. The first-order chi connectivity index (χ1) is 6.70. The van der Waals surface area contributed by atoms with Gasteiger partial charge in [0.05, 0.1) is 6.61 Å². The second kappa shape index (κ2) is 3.68. The van der Waals surface area contributed by atoms with Gasteiger partial charge in [-0.2, -0.15) is 0 Å². The van der Waals surface area contributed by atoms with Crippen LogP contribution in [0.25, 0.3) is 0 Å². The van der Waals surface area contributed by atoms with E-state index in [0.717, 1.165) is 6.08 Å². The Kier molecular flexibility index (Phi) is 2.54. The molecule has 0 spiro atoms. The van der Waals surface area contributed by atoms with E-state index in [0.29, 0.717) is 6.61 Å². The van der Waals surface area contributed by atoms with Crippen molar-refractivity contribution in [3.8, 4) is 0 Å². The molecule has 0 aliphatic carbocycles. The number of fused-ring (bicyclic) bond motifs is 1. The molecule has 14 heavy (non-hydrogen) atoms. The third kappa shape index (κ3) is 1.95. The first-order valence-corrected chi connectivity index (χ1v) is 4.46. The largest absolute Gasteiger partial charge is 0.457 e. The summed E-state index contributed by atoms with van der Waals surface area (Å²) < 4.78 is 20.3. The summed E-state index contributed by atoms with van der Waals surface area (Å²) in [5.41, 5.74) is 0. The highest BCUT2D eigenvalue weighted by Gasteiger charge is 2.59. The topological polar surface area (TPSA) is 57.3 Å². The second-order valence-electron chi connectivity index (χ2n) is 3.26. The van der Waals surface area contributed by atoms with E-state index in [1.165, 1.54) is 0 Å². The number of ether oxygens (including phenoxy) is 4. The van der Waals surface area contributed by atoms with Gasteiger partial charge in [-0.1, -0.05) is 6.58 Å². The molecule has 0 aromatic rings. The van der Waals surface area contributed by atoms with Crippen molar-refractivity contribution in [1.29, 1.82) is 0 Å². The number of carbonyl (C=O) groups is 1. The van der Waals surface area contributed by atoms with Crippen molar-refractivity contribution in [2.45, 2.75) is 31.7 Å². The van der Waals surface area contributed by atoms with E-state index in [4.69, 9.17) is 18.9 Å².